The van der Waals surface area contributed by atoms with E-state index in [4.69, 9.17) is 4.74 Å². The largest absolute Gasteiger partial charge is 0.494 e. The van der Waals surface area contributed by atoms with Gasteiger partial charge in [0, 0.05) is 0 Å². The zero-order valence-electron chi connectivity index (χ0n) is 9.33. The maximum atomic E-state index is 13.5. The average Bonchev–Trinajstić information content (AvgIpc) is 2.29. The van der Waals surface area contributed by atoms with Crippen molar-refractivity contribution in [2.24, 2.45) is 0 Å². The highest BCUT2D eigenvalue weighted by Crippen LogP contribution is 2.25. The molecule has 0 aliphatic heterocycles. The lowest BCUT2D eigenvalue weighted by molar-refractivity contribution is 0.386. The molecule has 1 nitrogen and oxygen atoms in total. The van der Waals surface area contributed by atoms with Crippen molar-refractivity contribution in [2.45, 2.75) is 6.92 Å². The van der Waals surface area contributed by atoms with Gasteiger partial charge >= 0.3 is 0 Å². The zero-order valence-corrected chi connectivity index (χ0v) is 9.33. The van der Waals surface area contributed by atoms with Crippen LogP contribution in [0.25, 0.3) is 11.1 Å². The maximum absolute atomic E-state index is 13.5. The number of halogens is 1. The Morgan fingerprint density at radius 3 is 2.38 bits per heavy atom. The first-order valence-corrected chi connectivity index (χ1v) is 5.11. The van der Waals surface area contributed by atoms with E-state index in [0.29, 0.717) is 0 Å². The highest BCUT2D eigenvalue weighted by molar-refractivity contribution is 5.65. The van der Waals surface area contributed by atoms with Crippen molar-refractivity contribution in [3.8, 4) is 16.9 Å². The number of hydrogen-bond acceptors (Lipinski definition) is 1. The smallest absolute Gasteiger partial charge is 0.165 e. The van der Waals surface area contributed by atoms with Crippen LogP contribution < -0.4 is 4.74 Å². The lowest BCUT2D eigenvalue weighted by Gasteiger charge is -2.06. The van der Waals surface area contributed by atoms with E-state index >= 15 is 0 Å². The van der Waals surface area contributed by atoms with Gasteiger partial charge in [-0.05, 0) is 30.2 Å². The Hall–Kier alpha value is -1.83. The molecule has 0 saturated carbocycles. The molecule has 0 fully saturated rings. The summed E-state index contributed by atoms with van der Waals surface area (Å²) in [6, 6.07) is 13.0. The van der Waals surface area contributed by atoms with Gasteiger partial charge in [-0.3, -0.25) is 0 Å². The van der Waals surface area contributed by atoms with E-state index in [0.717, 1.165) is 16.7 Å². The summed E-state index contributed by atoms with van der Waals surface area (Å²) >= 11 is 0. The standard InChI is InChI=1S/C14H13FO/c1-10-4-3-5-11(8-10)12-6-7-14(16-2)13(15)9-12/h3-9H,1-2H3. The average molecular weight is 216 g/mol. The van der Waals surface area contributed by atoms with Crippen LogP contribution in [0.5, 0.6) is 5.75 Å². The van der Waals surface area contributed by atoms with Gasteiger partial charge in [-0.15, -0.1) is 0 Å². The summed E-state index contributed by atoms with van der Waals surface area (Å²) in [7, 11) is 1.46. The Bertz CT molecular complexity index is 506. The van der Waals surface area contributed by atoms with Crippen LogP contribution in [0.3, 0.4) is 0 Å². The first-order valence-electron chi connectivity index (χ1n) is 5.11. The van der Waals surface area contributed by atoms with Gasteiger partial charge in [0.2, 0.25) is 0 Å². The highest BCUT2D eigenvalue weighted by Gasteiger charge is 2.04. The molecule has 0 aromatic heterocycles. The second-order valence-electron chi connectivity index (χ2n) is 3.72. The second-order valence-corrected chi connectivity index (χ2v) is 3.72. The molecule has 2 rings (SSSR count). The highest BCUT2D eigenvalue weighted by atomic mass is 19.1. The number of hydrogen-bond donors (Lipinski definition) is 0. The molecule has 0 saturated heterocycles. The van der Waals surface area contributed by atoms with Crippen LogP contribution in [0.4, 0.5) is 4.39 Å². The molecule has 0 aliphatic rings. The van der Waals surface area contributed by atoms with Crippen LogP contribution in [-0.4, -0.2) is 7.11 Å². The third kappa shape index (κ3) is 2.06. The van der Waals surface area contributed by atoms with E-state index < -0.39 is 0 Å². The molecule has 0 bridgehead atoms. The Labute approximate surface area is 94.5 Å². The number of aryl methyl sites for hydroxylation is 1. The monoisotopic (exact) mass is 216 g/mol. The third-order valence-corrected chi connectivity index (χ3v) is 2.50. The zero-order chi connectivity index (χ0) is 11.5. The first-order chi connectivity index (χ1) is 7.70. The minimum atomic E-state index is -0.332. The summed E-state index contributed by atoms with van der Waals surface area (Å²) in [5.41, 5.74) is 3.04. The molecular formula is C14H13FO. The quantitative estimate of drug-likeness (QED) is 0.741. The summed E-state index contributed by atoms with van der Waals surface area (Å²) in [5.74, 6) is -0.0575. The maximum Gasteiger partial charge on any atom is 0.165 e. The van der Waals surface area contributed by atoms with Gasteiger partial charge in [0.15, 0.2) is 11.6 Å². The van der Waals surface area contributed by atoms with Crippen molar-refractivity contribution in [1.82, 2.24) is 0 Å². The van der Waals surface area contributed by atoms with Gasteiger partial charge in [0.05, 0.1) is 7.11 Å². The Kier molecular flexibility index (Phi) is 2.91. The fourth-order valence-corrected chi connectivity index (χ4v) is 1.67. The molecule has 0 spiro atoms. The first kappa shape index (κ1) is 10.7. The minimum Gasteiger partial charge on any atom is -0.494 e. The van der Waals surface area contributed by atoms with E-state index in [1.807, 2.05) is 37.3 Å². The van der Waals surface area contributed by atoms with Crippen LogP contribution in [-0.2, 0) is 0 Å². The van der Waals surface area contributed by atoms with Gasteiger partial charge in [-0.1, -0.05) is 35.9 Å². The predicted molar refractivity (Wildman–Crippen MR) is 63.1 cm³/mol. The number of benzene rings is 2. The van der Waals surface area contributed by atoms with Crippen LogP contribution in [0.2, 0.25) is 0 Å². The van der Waals surface area contributed by atoms with Gasteiger partial charge in [0.25, 0.3) is 0 Å². The third-order valence-electron chi connectivity index (χ3n) is 2.50. The summed E-state index contributed by atoms with van der Waals surface area (Å²) in [6.07, 6.45) is 0. The molecule has 82 valence electrons. The Morgan fingerprint density at radius 1 is 1.00 bits per heavy atom. The molecule has 0 N–H and O–H groups in total. The van der Waals surface area contributed by atoms with E-state index in [-0.39, 0.29) is 11.6 Å². The van der Waals surface area contributed by atoms with Crippen LogP contribution >= 0.6 is 0 Å². The Balaban J connectivity index is 2.45. The van der Waals surface area contributed by atoms with E-state index in [1.54, 1.807) is 6.07 Å². The van der Waals surface area contributed by atoms with Crippen molar-refractivity contribution < 1.29 is 9.13 Å². The van der Waals surface area contributed by atoms with E-state index in [2.05, 4.69) is 0 Å². The summed E-state index contributed by atoms with van der Waals surface area (Å²) in [4.78, 5) is 0. The van der Waals surface area contributed by atoms with Crippen LogP contribution in [0.1, 0.15) is 5.56 Å². The molecule has 0 radical (unpaired) electrons. The second kappa shape index (κ2) is 4.35. The molecule has 0 amide bonds. The van der Waals surface area contributed by atoms with Crippen LogP contribution in [0, 0.1) is 12.7 Å². The van der Waals surface area contributed by atoms with Crippen molar-refractivity contribution in [3.63, 3.8) is 0 Å². The molecule has 2 aromatic carbocycles. The lowest BCUT2D eigenvalue weighted by Crippen LogP contribution is -1.88. The number of rotatable bonds is 2. The fourth-order valence-electron chi connectivity index (χ4n) is 1.67. The molecule has 16 heavy (non-hydrogen) atoms. The van der Waals surface area contributed by atoms with Gasteiger partial charge in [-0.25, -0.2) is 4.39 Å². The summed E-state index contributed by atoms with van der Waals surface area (Å²) < 4.78 is 18.4. The van der Waals surface area contributed by atoms with Gasteiger partial charge in [0.1, 0.15) is 0 Å². The fraction of sp³-hybridized carbons (Fsp3) is 0.143. The molecule has 0 aliphatic carbocycles. The van der Waals surface area contributed by atoms with E-state index in [1.165, 1.54) is 13.2 Å². The molecule has 0 heterocycles. The Morgan fingerprint density at radius 2 is 1.75 bits per heavy atom. The summed E-state index contributed by atoms with van der Waals surface area (Å²) in [5, 5.41) is 0. The number of ether oxygens (including phenoxy) is 1. The molecule has 0 unspecified atom stereocenters. The topological polar surface area (TPSA) is 9.23 Å². The minimum absolute atomic E-state index is 0.274. The van der Waals surface area contributed by atoms with Crippen molar-refractivity contribution in [3.05, 3.63) is 53.8 Å². The van der Waals surface area contributed by atoms with Crippen molar-refractivity contribution >= 4 is 0 Å². The molecule has 2 heteroatoms. The predicted octanol–water partition coefficient (Wildman–Crippen LogP) is 3.81. The number of methoxy groups -OCH3 is 1. The van der Waals surface area contributed by atoms with Crippen molar-refractivity contribution in [2.75, 3.05) is 7.11 Å². The molecule has 2 aromatic rings. The lowest BCUT2D eigenvalue weighted by atomic mass is 10.0. The molecular weight excluding hydrogens is 203 g/mol. The van der Waals surface area contributed by atoms with Gasteiger partial charge < -0.3 is 4.74 Å². The molecule has 0 atom stereocenters. The van der Waals surface area contributed by atoms with Crippen LogP contribution in [0.15, 0.2) is 42.5 Å². The SMILES string of the molecule is COc1ccc(-c2cccc(C)c2)cc1F. The van der Waals surface area contributed by atoms with Crippen molar-refractivity contribution in [1.29, 1.82) is 0 Å². The summed E-state index contributed by atoms with van der Waals surface area (Å²) in [6.45, 7) is 2.02. The van der Waals surface area contributed by atoms with Gasteiger partial charge in [-0.2, -0.15) is 0 Å². The normalized spacial score (nSPS) is 10.2. The van der Waals surface area contributed by atoms with E-state index in [9.17, 15) is 4.39 Å².